The van der Waals surface area contributed by atoms with Gasteiger partial charge in [-0.25, -0.2) is 25.3 Å². The number of rotatable bonds is 4. The first kappa shape index (κ1) is 24.7. The zero-order valence-electron chi connectivity index (χ0n) is 12.9. The van der Waals surface area contributed by atoms with Gasteiger partial charge in [-0.15, -0.1) is 0 Å². The van der Waals surface area contributed by atoms with Crippen molar-refractivity contribution < 1.29 is 51.6 Å². The number of hydrogen-bond acceptors (Lipinski definition) is 8. The molecule has 0 unspecified atom stereocenters. The molecule has 1 heterocycles. The van der Waals surface area contributed by atoms with Gasteiger partial charge in [0.05, 0.1) is 6.67 Å². The molecule has 1 N–H and O–H groups in total. The topological polar surface area (TPSA) is 121 Å². The van der Waals surface area contributed by atoms with Gasteiger partial charge in [0.15, 0.2) is 9.84 Å². The molecule has 9 nitrogen and oxygen atoms in total. The van der Waals surface area contributed by atoms with Crippen molar-refractivity contribution in [1.29, 1.82) is 0 Å². The Hall–Kier alpha value is -1.27. The van der Waals surface area contributed by atoms with E-state index >= 15 is 0 Å². The average molecular weight is 457 g/mol. The molecule has 0 aromatic rings. The Morgan fingerprint density at radius 1 is 0.885 bits per heavy atom. The Morgan fingerprint density at radius 2 is 1.27 bits per heavy atom. The summed E-state index contributed by atoms with van der Waals surface area (Å²) >= 11 is 0. The van der Waals surface area contributed by atoms with E-state index in [0.29, 0.717) is 6.67 Å². The van der Waals surface area contributed by atoms with Crippen molar-refractivity contribution in [2.45, 2.75) is 11.0 Å². The molecule has 0 saturated carbocycles. The molecule has 0 amide bonds. The summed E-state index contributed by atoms with van der Waals surface area (Å²) in [5.74, 6) is 0.105. The second kappa shape index (κ2) is 7.77. The van der Waals surface area contributed by atoms with E-state index in [-0.39, 0.29) is 5.88 Å². The van der Waals surface area contributed by atoms with Crippen LogP contribution in [0.2, 0.25) is 0 Å². The van der Waals surface area contributed by atoms with Crippen LogP contribution in [0.25, 0.3) is 0 Å². The third-order valence-corrected chi connectivity index (χ3v) is 5.94. The quantitative estimate of drug-likeness (QED) is 0.583. The van der Waals surface area contributed by atoms with Crippen LogP contribution in [0.5, 0.6) is 0 Å². The third-order valence-electron chi connectivity index (χ3n) is 2.17. The number of halogens is 6. The maximum Gasteiger partial charge on any atom is 0.512 e. The van der Waals surface area contributed by atoms with Crippen molar-refractivity contribution in [1.82, 2.24) is 13.9 Å². The molecule has 0 aromatic heterocycles. The minimum atomic E-state index is -6.60. The third kappa shape index (κ3) is 7.96. The highest BCUT2D eigenvalue weighted by Gasteiger charge is 2.55. The molecule has 0 aliphatic carbocycles. The van der Waals surface area contributed by atoms with Gasteiger partial charge in [-0.2, -0.15) is 26.3 Å². The number of nitrogens with one attached hydrogen (secondary N) is 1. The number of sulfonamides is 2. The van der Waals surface area contributed by atoms with Gasteiger partial charge in [-0.1, -0.05) is 4.13 Å². The van der Waals surface area contributed by atoms with Gasteiger partial charge in [0.1, 0.15) is 5.88 Å². The molecule has 0 aromatic carbocycles. The Morgan fingerprint density at radius 3 is 1.50 bits per heavy atom. The number of hydrogen-bond donors (Lipinski definition) is 1. The smallest absolute Gasteiger partial charge is 0.362 e. The van der Waals surface area contributed by atoms with Crippen LogP contribution in [0.3, 0.4) is 0 Å². The molecule has 0 radical (unpaired) electrons. The van der Waals surface area contributed by atoms with E-state index in [2.05, 4.69) is 0 Å². The summed E-state index contributed by atoms with van der Waals surface area (Å²) < 4.78 is 130. The van der Waals surface area contributed by atoms with E-state index in [1.54, 1.807) is 11.1 Å². The highest BCUT2D eigenvalue weighted by molar-refractivity contribution is 8.05. The van der Waals surface area contributed by atoms with Crippen molar-refractivity contribution in [3.05, 3.63) is 12.4 Å². The summed E-state index contributed by atoms with van der Waals surface area (Å²) in [6.45, 7) is 0.660. The van der Waals surface area contributed by atoms with Crippen LogP contribution in [0.1, 0.15) is 0 Å². The molecule has 0 spiro atoms. The first-order chi connectivity index (χ1) is 11.2. The van der Waals surface area contributed by atoms with Crippen molar-refractivity contribution in [2.75, 3.05) is 25.8 Å². The Balaban J connectivity index is 0.000000502. The lowest BCUT2D eigenvalue weighted by atomic mass is 10.9. The monoisotopic (exact) mass is 457 g/mol. The summed E-state index contributed by atoms with van der Waals surface area (Å²) in [5.41, 5.74) is -12.3. The number of nitrogens with zero attached hydrogens (tertiary/aromatic N) is 2. The van der Waals surface area contributed by atoms with E-state index in [4.69, 9.17) is 0 Å². The maximum absolute atomic E-state index is 11.5. The van der Waals surface area contributed by atoms with Gasteiger partial charge in [0.2, 0.25) is 0 Å². The summed E-state index contributed by atoms with van der Waals surface area (Å²) in [7, 11) is -14.2. The summed E-state index contributed by atoms with van der Waals surface area (Å²) in [6.07, 6.45) is 4.87. The lowest BCUT2D eigenvalue weighted by molar-refractivity contribution is -0.0476. The van der Waals surface area contributed by atoms with Crippen molar-refractivity contribution >= 4 is 29.9 Å². The molecule has 1 rings (SSSR count). The van der Waals surface area contributed by atoms with Gasteiger partial charge in [-0.3, -0.25) is 0 Å². The highest BCUT2D eigenvalue weighted by atomic mass is 32.3. The fraction of sp³-hybridized carbons (Fsp3) is 0.750. The van der Waals surface area contributed by atoms with E-state index < -0.39 is 45.0 Å². The van der Waals surface area contributed by atoms with Crippen LogP contribution in [0, 0.1) is 0 Å². The van der Waals surface area contributed by atoms with Gasteiger partial charge >= 0.3 is 31.1 Å². The molecular weight excluding hydrogens is 444 g/mol. The molecule has 0 bridgehead atoms. The number of alkyl halides is 6. The first-order valence-corrected chi connectivity index (χ1v) is 10.9. The van der Waals surface area contributed by atoms with Crippen LogP contribution in [0.15, 0.2) is 12.4 Å². The van der Waals surface area contributed by atoms with Crippen molar-refractivity contribution in [3.8, 4) is 0 Å². The average Bonchev–Trinajstić information content (AvgIpc) is 2.68. The molecule has 0 saturated heterocycles. The SMILES string of the molecule is CN1C=CN(CS(C)(=O)=O)C1.O=S(=O)(NS(=O)(=O)C(F)(F)F)C(F)(F)F. The predicted molar refractivity (Wildman–Crippen MR) is 76.4 cm³/mol. The van der Waals surface area contributed by atoms with Crippen LogP contribution < -0.4 is 4.13 Å². The minimum absolute atomic E-state index is 0.105. The van der Waals surface area contributed by atoms with Crippen LogP contribution in [-0.4, -0.2) is 71.9 Å². The predicted octanol–water partition coefficient (Wildman–Crippen LogP) is -0.0602. The zero-order valence-corrected chi connectivity index (χ0v) is 15.4. The standard InChI is InChI=1S/C6H12N2O2S.C2HF6NO4S2/c1-7-3-4-8(5-7)6-11(2,9)10;3-1(4,5)14(10,11)9-15(12,13)2(6,7)8/h3-4H,5-6H2,1-2H3;9H. The molecule has 1 aliphatic heterocycles. The van der Waals surface area contributed by atoms with E-state index in [0.717, 1.165) is 0 Å². The van der Waals surface area contributed by atoms with E-state index in [9.17, 15) is 51.6 Å². The van der Waals surface area contributed by atoms with Crippen molar-refractivity contribution in [3.63, 3.8) is 0 Å². The second-order valence-corrected chi connectivity index (χ2v) is 10.5. The van der Waals surface area contributed by atoms with E-state index in [1.807, 2.05) is 18.1 Å². The summed E-state index contributed by atoms with van der Waals surface area (Å²) in [4.78, 5) is 3.67. The Kier molecular flexibility index (Phi) is 7.39. The van der Waals surface area contributed by atoms with Gasteiger partial charge in [0.25, 0.3) is 0 Å². The fourth-order valence-corrected chi connectivity index (χ4v) is 3.89. The van der Waals surface area contributed by atoms with Crippen LogP contribution in [0.4, 0.5) is 26.3 Å². The minimum Gasteiger partial charge on any atom is -0.362 e. The molecule has 0 atom stereocenters. The second-order valence-electron chi connectivity index (χ2n) is 4.82. The van der Waals surface area contributed by atoms with Gasteiger partial charge in [-0.05, 0) is 0 Å². The van der Waals surface area contributed by atoms with Crippen molar-refractivity contribution in [2.24, 2.45) is 0 Å². The molecule has 0 fully saturated rings. The lowest BCUT2D eigenvalue weighted by Crippen LogP contribution is -2.45. The molecule has 156 valence electrons. The zero-order chi connectivity index (χ0) is 21.2. The molecule has 1 aliphatic rings. The Bertz CT molecular complexity index is 788. The lowest BCUT2D eigenvalue weighted by Gasteiger charge is -2.16. The van der Waals surface area contributed by atoms with Gasteiger partial charge < -0.3 is 9.80 Å². The molecular formula is C8H13F6N3O6S3. The maximum atomic E-state index is 11.5. The first-order valence-electron chi connectivity index (χ1n) is 5.89. The molecule has 26 heavy (non-hydrogen) atoms. The highest BCUT2D eigenvalue weighted by Crippen LogP contribution is 2.27. The van der Waals surface area contributed by atoms with Crippen LogP contribution >= 0.6 is 0 Å². The fourth-order valence-electron chi connectivity index (χ4n) is 1.21. The normalized spacial score (nSPS) is 16.5. The van der Waals surface area contributed by atoms with Crippen LogP contribution in [-0.2, 0) is 29.9 Å². The summed E-state index contributed by atoms with van der Waals surface area (Å²) in [5, 5.41) is 0. The summed E-state index contributed by atoms with van der Waals surface area (Å²) in [6, 6.07) is 0. The largest absolute Gasteiger partial charge is 0.512 e. The number of sulfone groups is 1. The van der Waals surface area contributed by atoms with Gasteiger partial charge in [0, 0.05) is 25.7 Å². The Labute approximate surface area is 145 Å². The molecule has 18 heteroatoms. The van der Waals surface area contributed by atoms with E-state index in [1.165, 1.54) is 6.26 Å².